The van der Waals surface area contributed by atoms with E-state index in [1.54, 1.807) is 24.3 Å². The van der Waals surface area contributed by atoms with E-state index in [1.807, 2.05) is 24.3 Å². The summed E-state index contributed by atoms with van der Waals surface area (Å²) < 4.78 is 12.6. The first-order valence-corrected chi connectivity index (χ1v) is 27.8. The Labute approximate surface area is 437 Å². The second-order valence-corrected chi connectivity index (χ2v) is 20.1. The lowest BCUT2D eigenvalue weighted by atomic mass is 10.0. The zero-order valence-electron chi connectivity index (χ0n) is 43.7. The molecule has 1 aliphatic heterocycles. The average Bonchev–Trinajstić information content (AvgIpc) is 4.29. The van der Waals surface area contributed by atoms with Crippen molar-refractivity contribution in [1.82, 2.24) is 19.9 Å². The molecule has 0 saturated carbocycles. The van der Waals surface area contributed by atoms with Crippen LogP contribution in [-0.4, -0.2) is 43.4 Å². The Morgan fingerprint density at radius 2 is 0.541 bits per heavy atom. The molecule has 5 heterocycles. The van der Waals surface area contributed by atoms with E-state index in [0.29, 0.717) is 13.2 Å². The van der Waals surface area contributed by atoms with Crippen LogP contribution in [0.5, 0.6) is 23.0 Å². The van der Waals surface area contributed by atoms with Gasteiger partial charge in [-0.25, -0.2) is 0 Å². The molecule has 0 unspecified atom stereocenters. The number of unbranched alkanes of at least 4 members (excludes halogenated alkanes) is 16. The van der Waals surface area contributed by atoms with Crippen molar-refractivity contribution in [1.29, 1.82) is 0 Å². The van der Waals surface area contributed by atoms with Crippen LogP contribution in [0.3, 0.4) is 0 Å². The number of aromatic hydroxyl groups is 2. The molecule has 1 aliphatic rings. The molecule has 74 heavy (non-hydrogen) atoms. The number of rotatable bonds is 26. The van der Waals surface area contributed by atoms with Crippen LogP contribution in [0.4, 0.5) is 0 Å². The van der Waals surface area contributed by atoms with Gasteiger partial charge in [-0.1, -0.05) is 165 Å². The topological polar surface area (TPSA) is 122 Å². The minimum absolute atomic E-state index is 0.205. The lowest BCUT2D eigenvalue weighted by Crippen LogP contribution is -2.19. The number of hydrogen-bond acceptors (Lipinski definition) is 4. The Hall–Kier alpha value is -7.32. The van der Waals surface area contributed by atoms with Crippen LogP contribution >= 0.6 is 0 Å². The summed E-state index contributed by atoms with van der Waals surface area (Å²) in [4.78, 5) is 15.4. The van der Waals surface area contributed by atoms with Gasteiger partial charge in [-0.05, 0) is 132 Å². The van der Waals surface area contributed by atoms with E-state index >= 15 is 0 Å². The summed E-state index contributed by atoms with van der Waals surface area (Å²) in [5, 5.41) is 24.5. The van der Waals surface area contributed by atoms with E-state index in [4.69, 9.17) is 9.47 Å². The van der Waals surface area contributed by atoms with Gasteiger partial charge >= 0.3 is 0 Å². The summed E-state index contributed by atoms with van der Waals surface area (Å²) >= 11 is 0. The predicted octanol–water partition coefficient (Wildman–Crippen LogP) is 13.5. The lowest BCUT2D eigenvalue weighted by Gasteiger charge is -2.11. The highest BCUT2D eigenvalue weighted by Gasteiger charge is 2.19. The maximum absolute atomic E-state index is 10.4. The zero-order valence-corrected chi connectivity index (χ0v) is 43.7. The maximum atomic E-state index is 10.4. The van der Waals surface area contributed by atoms with E-state index in [-0.39, 0.29) is 11.5 Å². The highest BCUT2D eigenvalue weighted by Crippen LogP contribution is 2.30. The van der Waals surface area contributed by atoms with Crippen molar-refractivity contribution in [2.45, 2.75) is 129 Å². The maximum Gasteiger partial charge on any atom is 0.119 e. The van der Waals surface area contributed by atoms with Gasteiger partial charge in [0.2, 0.25) is 0 Å². The van der Waals surface area contributed by atoms with Crippen LogP contribution in [0.1, 0.15) is 174 Å². The molecular formula is C66H76N4O4. The van der Waals surface area contributed by atoms with E-state index in [1.165, 1.54) is 103 Å². The average molecular weight is 989 g/mol. The number of ether oxygens (including phenoxy) is 2. The smallest absolute Gasteiger partial charge is 0.119 e. The molecule has 8 heteroatoms. The number of aromatic nitrogens is 4. The first-order chi connectivity index (χ1) is 36.4. The van der Waals surface area contributed by atoms with Crippen molar-refractivity contribution in [3.8, 4) is 23.0 Å². The molecule has 0 radical (unpaired) electrons. The number of H-pyrrole nitrogens is 4. The molecule has 0 fully saturated rings. The first kappa shape index (κ1) is 51.6. The number of phenols is 2. The minimum atomic E-state index is 0.205. The number of nitrogens with one attached hydrogen (secondary N) is 4. The molecule has 8 aromatic rings. The van der Waals surface area contributed by atoms with Crippen molar-refractivity contribution < 1.29 is 19.7 Å². The van der Waals surface area contributed by atoms with Crippen LogP contribution in [0.2, 0.25) is 0 Å². The number of phenolic OH excluding ortho intramolecular Hbond substituents is 2. The third-order valence-electron chi connectivity index (χ3n) is 14.5. The van der Waals surface area contributed by atoms with E-state index < -0.39 is 0 Å². The Balaban J connectivity index is 1.09. The third-order valence-corrected chi connectivity index (χ3v) is 14.5. The standard InChI is InChI=1S/C66H76N4O4/c1-3-5-7-9-11-13-15-17-19-45-73-53-33-25-49(26-34-53)65-59-41-39-57(68-59)63(47-21-29-51(71)30-22-47)55-37-38-56(67-55)64(48-23-31-52(72)32-24-48)58-40-42-60(69-58)66(62-44-43-61(65)70-62)50-27-35-54(36-28-50)74-46-20-18-16-14-12-10-8-6-4-2/h21-44,67-72H,3-20,45-46H2,1-2H3. The Morgan fingerprint density at radius 3 is 0.824 bits per heavy atom. The van der Waals surface area contributed by atoms with Gasteiger partial charge in [-0.15, -0.1) is 0 Å². The van der Waals surface area contributed by atoms with Crippen LogP contribution in [-0.2, 0) is 0 Å². The van der Waals surface area contributed by atoms with Gasteiger partial charge in [-0.3, -0.25) is 0 Å². The van der Waals surface area contributed by atoms with Crippen molar-refractivity contribution in [2.75, 3.05) is 13.2 Å². The molecular weight excluding hydrogens is 913 g/mol. The monoisotopic (exact) mass is 989 g/mol. The quantitative estimate of drug-likeness (QED) is 0.0303. The molecule has 384 valence electrons. The van der Waals surface area contributed by atoms with Crippen LogP contribution in [0.25, 0.3) is 22.3 Å². The number of fused-ring (bicyclic) bond motifs is 8. The Bertz CT molecular complexity index is 3040. The van der Waals surface area contributed by atoms with Gasteiger partial charge in [-0.2, -0.15) is 0 Å². The lowest BCUT2D eigenvalue weighted by molar-refractivity contribution is 0.304. The van der Waals surface area contributed by atoms with Crippen LogP contribution in [0, 0.1) is 0 Å². The number of hydrogen-bond donors (Lipinski definition) is 6. The first-order valence-electron chi connectivity index (χ1n) is 27.8. The van der Waals surface area contributed by atoms with Gasteiger partial charge in [0, 0.05) is 66.5 Å². The SMILES string of the molecule is CCCCCCCCCCCOc1ccc(C2=c3ccc([nH]3)=C(c3ccc(O)cc3)c3ccc([nH]3)C(c3ccc(O)cc3)=c3ccc([nH]3)=C(c3ccc(OCCCCCCCCCCC)cc3)c3ccc2[nH]3)cc1. The van der Waals surface area contributed by atoms with Crippen molar-refractivity contribution in [3.05, 3.63) is 212 Å². The molecule has 0 amide bonds. The van der Waals surface area contributed by atoms with E-state index in [9.17, 15) is 10.2 Å². The second-order valence-electron chi connectivity index (χ2n) is 20.1. The van der Waals surface area contributed by atoms with Crippen LogP contribution < -0.4 is 30.9 Å². The summed E-state index contributed by atoms with van der Waals surface area (Å²) in [5.74, 6) is 2.15. The Kier molecular flexibility index (Phi) is 18.2. The fraction of sp³-hybridized carbons (Fsp3) is 0.333. The zero-order chi connectivity index (χ0) is 50.9. The number of aromatic amines is 4. The molecule has 0 saturated heterocycles. The van der Waals surface area contributed by atoms with Crippen LogP contribution in [0.15, 0.2) is 146 Å². The molecule has 0 atom stereocenters. The minimum Gasteiger partial charge on any atom is -0.508 e. The summed E-state index contributed by atoms with van der Waals surface area (Å²) in [6, 6.07) is 49.0. The van der Waals surface area contributed by atoms with Crippen molar-refractivity contribution in [2.24, 2.45) is 0 Å². The van der Waals surface area contributed by atoms with Gasteiger partial charge < -0.3 is 39.6 Å². The normalized spacial score (nSPS) is 12.5. The summed E-state index contributed by atoms with van der Waals surface area (Å²) in [7, 11) is 0. The van der Waals surface area contributed by atoms with Gasteiger partial charge in [0.1, 0.15) is 23.0 Å². The van der Waals surface area contributed by atoms with Gasteiger partial charge in [0.15, 0.2) is 0 Å². The fourth-order valence-corrected chi connectivity index (χ4v) is 10.5. The molecule has 0 spiro atoms. The van der Waals surface area contributed by atoms with Gasteiger partial charge in [0.25, 0.3) is 0 Å². The molecule has 0 aliphatic carbocycles. The van der Waals surface area contributed by atoms with Crippen molar-refractivity contribution in [3.63, 3.8) is 0 Å². The molecule has 4 aromatic carbocycles. The summed E-state index contributed by atoms with van der Waals surface area (Å²) in [6.45, 7) is 5.97. The van der Waals surface area contributed by atoms with E-state index in [2.05, 4.69) is 131 Å². The molecule has 9 rings (SSSR count). The Morgan fingerprint density at radius 1 is 0.284 bits per heavy atom. The predicted molar refractivity (Wildman–Crippen MR) is 303 cm³/mol. The third kappa shape index (κ3) is 13.3. The second kappa shape index (κ2) is 26.1. The molecule has 6 N–H and O–H groups in total. The molecule has 4 aromatic heterocycles. The molecule has 8 nitrogen and oxygen atoms in total. The highest BCUT2D eigenvalue weighted by molar-refractivity contribution is 5.85. The van der Waals surface area contributed by atoms with E-state index in [0.717, 1.165) is 113 Å². The fourth-order valence-electron chi connectivity index (χ4n) is 10.5. The van der Waals surface area contributed by atoms with Crippen molar-refractivity contribution >= 4 is 22.3 Å². The number of benzene rings is 4. The largest absolute Gasteiger partial charge is 0.508 e. The van der Waals surface area contributed by atoms with Gasteiger partial charge in [0.05, 0.1) is 13.2 Å². The summed E-state index contributed by atoms with van der Waals surface area (Å²) in [5.41, 5.74) is 11.6. The molecule has 8 bridgehead atoms. The highest BCUT2D eigenvalue weighted by atomic mass is 16.5. The summed E-state index contributed by atoms with van der Waals surface area (Å²) in [6.07, 6.45) is 23.0.